The molecule has 0 aromatic heterocycles. The van der Waals surface area contributed by atoms with Crippen molar-refractivity contribution in [3.8, 4) is 11.5 Å². The summed E-state index contributed by atoms with van der Waals surface area (Å²) in [6.45, 7) is 5.56. The van der Waals surface area contributed by atoms with Gasteiger partial charge in [-0.1, -0.05) is 0 Å². The molecule has 3 rings (SSSR count). The molecule has 0 radical (unpaired) electrons. The van der Waals surface area contributed by atoms with Crippen LogP contribution in [0.5, 0.6) is 11.5 Å². The Labute approximate surface area is 179 Å². The molecule has 2 heterocycles. The minimum atomic E-state index is -1.30. The molecule has 0 atom stereocenters. The van der Waals surface area contributed by atoms with Crippen LogP contribution in [0.15, 0.2) is 28.8 Å². The number of cyclic esters (lactones) is 2. The van der Waals surface area contributed by atoms with Crippen molar-refractivity contribution < 1.29 is 38.0 Å². The van der Waals surface area contributed by atoms with Crippen LogP contribution in [0, 0.1) is 0 Å². The van der Waals surface area contributed by atoms with E-state index in [1.165, 1.54) is 25.6 Å². The summed E-state index contributed by atoms with van der Waals surface area (Å²) >= 11 is 1.19. The molecule has 0 unspecified atom stereocenters. The highest BCUT2D eigenvalue weighted by atomic mass is 32.2. The number of hydrogen-bond donors (Lipinski definition) is 1. The van der Waals surface area contributed by atoms with E-state index in [2.05, 4.69) is 5.32 Å². The smallest absolute Gasteiger partial charge is 0.351 e. The number of esters is 2. The van der Waals surface area contributed by atoms with E-state index in [0.717, 1.165) is 0 Å². The van der Waals surface area contributed by atoms with Crippen LogP contribution in [-0.2, 0) is 28.5 Å². The van der Waals surface area contributed by atoms with Gasteiger partial charge in [-0.05, 0) is 18.4 Å². The van der Waals surface area contributed by atoms with Gasteiger partial charge in [-0.3, -0.25) is 0 Å². The minimum Gasteiger partial charge on any atom is -0.487 e. The molecule has 164 valence electrons. The van der Waals surface area contributed by atoms with Crippen LogP contribution >= 0.6 is 11.8 Å². The number of hydrogen-bond acceptors (Lipinski definition) is 10. The normalized spacial score (nSPS) is 19.6. The van der Waals surface area contributed by atoms with E-state index >= 15 is 0 Å². The fraction of sp³-hybridized carbons (Fsp3) is 0.500. The number of fused-ring (bicyclic) bond motifs is 1. The average Bonchev–Trinajstić information content (AvgIpc) is 2.66. The Balaban J connectivity index is 1.82. The van der Waals surface area contributed by atoms with Crippen molar-refractivity contribution >= 4 is 29.4 Å². The van der Waals surface area contributed by atoms with Crippen LogP contribution in [0.25, 0.3) is 0 Å². The molecule has 0 bridgehead atoms. The van der Waals surface area contributed by atoms with Gasteiger partial charge in [0.05, 0.1) is 31.5 Å². The molecular formula is C20H25NO8S. The van der Waals surface area contributed by atoms with E-state index in [1.807, 2.05) is 0 Å². The molecule has 1 aromatic carbocycles. The highest BCUT2D eigenvalue weighted by Gasteiger charge is 2.41. The van der Waals surface area contributed by atoms with E-state index in [1.54, 1.807) is 24.5 Å². The molecule has 0 amide bonds. The van der Waals surface area contributed by atoms with Gasteiger partial charge >= 0.3 is 11.9 Å². The third-order valence-electron chi connectivity index (χ3n) is 4.06. The van der Waals surface area contributed by atoms with Crippen LogP contribution in [0.2, 0.25) is 0 Å². The zero-order valence-corrected chi connectivity index (χ0v) is 18.0. The zero-order chi connectivity index (χ0) is 21.6. The fourth-order valence-electron chi connectivity index (χ4n) is 2.75. The van der Waals surface area contributed by atoms with Crippen molar-refractivity contribution in [2.75, 3.05) is 51.2 Å². The van der Waals surface area contributed by atoms with Gasteiger partial charge in [0.15, 0.2) is 17.1 Å². The standard InChI is InChI=1S/C20H25NO8S/c1-20(2)28-18(22)16(19(23)29-20)17(30-3)21-13-4-5-14-15(12-13)27-11-9-25-7-6-24-8-10-26-14/h4-5,12,21H,6-11H2,1-3H3. The minimum absolute atomic E-state index is 0.183. The third kappa shape index (κ3) is 5.80. The molecule has 1 saturated heterocycles. The molecule has 1 fully saturated rings. The topological polar surface area (TPSA) is 102 Å². The molecular weight excluding hydrogens is 414 g/mol. The highest BCUT2D eigenvalue weighted by molar-refractivity contribution is 8.02. The Morgan fingerprint density at radius 3 is 2.07 bits per heavy atom. The van der Waals surface area contributed by atoms with Gasteiger partial charge in [0.25, 0.3) is 5.79 Å². The van der Waals surface area contributed by atoms with Gasteiger partial charge in [-0.15, -0.1) is 11.8 Å². The highest BCUT2D eigenvalue weighted by Crippen LogP contribution is 2.34. The third-order valence-corrected chi connectivity index (χ3v) is 4.77. The molecule has 0 aliphatic carbocycles. The SMILES string of the molecule is CSC(Nc1ccc2c(c1)OCCOCCOCCO2)=C1C(=O)OC(C)(C)OC1=O. The van der Waals surface area contributed by atoms with Crippen LogP contribution in [-0.4, -0.2) is 63.6 Å². The van der Waals surface area contributed by atoms with Crippen molar-refractivity contribution in [1.29, 1.82) is 0 Å². The van der Waals surface area contributed by atoms with E-state index in [-0.39, 0.29) is 5.57 Å². The average molecular weight is 439 g/mol. The monoisotopic (exact) mass is 439 g/mol. The summed E-state index contributed by atoms with van der Waals surface area (Å²) in [6.07, 6.45) is 1.74. The lowest BCUT2D eigenvalue weighted by atomic mass is 10.2. The summed E-state index contributed by atoms with van der Waals surface area (Å²) in [5.74, 6) is -1.71. The Kier molecular flexibility index (Phi) is 7.46. The van der Waals surface area contributed by atoms with Gasteiger partial charge in [0.2, 0.25) is 0 Å². The summed E-state index contributed by atoms with van der Waals surface area (Å²) in [5, 5.41) is 3.38. The summed E-state index contributed by atoms with van der Waals surface area (Å²) < 4.78 is 32.7. The number of thioether (sulfide) groups is 1. The summed E-state index contributed by atoms with van der Waals surface area (Å²) in [6, 6.07) is 5.22. The molecule has 0 saturated carbocycles. The second-order valence-electron chi connectivity index (χ2n) is 6.80. The zero-order valence-electron chi connectivity index (χ0n) is 17.1. The number of carbonyl (C=O) groups is 2. The first kappa shape index (κ1) is 22.3. The molecule has 0 spiro atoms. The van der Waals surface area contributed by atoms with Gasteiger partial charge in [0, 0.05) is 25.6 Å². The number of rotatable bonds is 3. The first-order valence-corrected chi connectivity index (χ1v) is 10.7. The number of anilines is 1. The Hall–Kier alpha value is -2.43. The van der Waals surface area contributed by atoms with Crippen molar-refractivity contribution in [3.05, 3.63) is 28.8 Å². The van der Waals surface area contributed by atoms with Crippen LogP contribution in [0.1, 0.15) is 13.8 Å². The van der Waals surface area contributed by atoms with Crippen molar-refractivity contribution in [1.82, 2.24) is 0 Å². The van der Waals surface area contributed by atoms with Crippen molar-refractivity contribution in [2.45, 2.75) is 19.6 Å². The predicted octanol–water partition coefficient (Wildman–Crippen LogP) is 2.31. The van der Waals surface area contributed by atoms with Gasteiger partial charge in [0.1, 0.15) is 13.2 Å². The quantitative estimate of drug-likeness (QED) is 0.429. The second-order valence-corrected chi connectivity index (χ2v) is 7.61. The summed E-state index contributed by atoms with van der Waals surface area (Å²) in [4.78, 5) is 24.7. The maximum Gasteiger partial charge on any atom is 0.351 e. The van der Waals surface area contributed by atoms with Crippen LogP contribution < -0.4 is 14.8 Å². The number of benzene rings is 1. The first-order valence-electron chi connectivity index (χ1n) is 9.47. The molecule has 2 aliphatic rings. The van der Waals surface area contributed by atoms with E-state index in [0.29, 0.717) is 61.9 Å². The second kappa shape index (κ2) is 10.1. The number of carbonyl (C=O) groups excluding carboxylic acids is 2. The summed E-state index contributed by atoms with van der Waals surface area (Å²) in [7, 11) is 0. The maximum atomic E-state index is 12.4. The number of ether oxygens (including phenoxy) is 6. The molecule has 10 heteroatoms. The maximum absolute atomic E-state index is 12.4. The Bertz CT molecular complexity index is 801. The van der Waals surface area contributed by atoms with Gasteiger partial charge in [-0.2, -0.15) is 0 Å². The molecule has 1 N–H and O–H groups in total. The van der Waals surface area contributed by atoms with Crippen LogP contribution in [0.3, 0.4) is 0 Å². The van der Waals surface area contributed by atoms with E-state index in [9.17, 15) is 9.59 Å². The van der Waals surface area contributed by atoms with E-state index in [4.69, 9.17) is 28.4 Å². The van der Waals surface area contributed by atoms with Crippen molar-refractivity contribution in [3.63, 3.8) is 0 Å². The lowest BCUT2D eigenvalue weighted by molar-refractivity contribution is -0.222. The summed E-state index contributed by atoms with van der Waals surface area (Å²) in [5.41, 5.74) is 0.418. The van der Waals surface area contributed by atoms with E-state index < -0.39 is 17.7 Å². The lowest BCUT2D eigenvalue weighted by Crippen LogP contribution is -2.42. The Morgan fingerprint density at radius 2 is 1.47 bits per heavy atom. The van der Waals surface area contributed by atoms with Gasteiger partial charge < -0.3 is 33.7 Å². The molecule has 30 heavy (non-hydrogen) atoms. The largest absolute Gasteiger partial charge is 0.487 e. The lowest BCUT2D eigenvalue weighted by Gasteiger charge is -2.30. The van der Waals surface area contributed by atoms with Crippen molar-refractivity contribution in [2.24, 2.45) is 0 Å². The predicted molar refractivity (Wildman–Crippen MR) is 109 cm³/mol. The molecule has 1 aromatic rings. The van der Waals surface area contributed by atoms with Gasteiger partial charge in [-0.25, -0.2) is 9.59 Å². The first-order chi connectivity index (χ1) is 14.4. The Morgan fingerprint density at radius 1 is 0.900 bits per heavy atom. The van der Waals surface area contributed by atoms with Crippen LogP contribution in [0.4, 0.5) is 5.69 Å². The molecule has 2 aliphatic heterocycles. The fourth-order valence-corrected chi connectivity index (χ4v) is 3.34. The molecule has 9 nitrogen and oxygen atoms in total. The number of nitrogens with one attached hydrogen (secondary N) is 1.